The van der Waals surface area contributed by atoms with Gasteiger partial charge in [-0.1, -0.05) is 37.6 Å². The van der Waals surface area contributed by atoms with Crippen molar-refractivity contribution < 1.29 is 27.8 Å². The largest absolute Gasteiger partial charge is 0.490 e. The second-order valence-corrected chi connectivity index (χ2v) is 7.88. The fourth-order valence-electron chi connectivity index (χ4n) is 2.99. The van der Waals surface area contributed by atoms with Crippen LogP contribution in [0, 0.1) is 19.8 Å². The molecule has 0 saturated carbocycles. The second kappa shape index (κ2) is 10.0. The second-order valence-electron chi connectivity index (χ2n) is 7.45. The average molecular weight is 457 g/mol. The van der Waals surface area contributed by atoms with Gasteiger partial charge in [0.05, 0.1) is 0 Å². The van der Waals surface area contributed by atoms with E-state index in [1.807, 2.05) is 30.5 Å². The fraction of sp³-hybridized carbons (Fsp3) is 0.364. The van der Waals surface area contributed by atoms with Gasteiger partial charge in [0.15, 0.2) is 0 Å². The number of fused-ring (bicyclic) bond motifs is 1. The average Bonchev–Trinajstić information content (AvgIpc) is 2.92. The zero-order chi connectivity index (χ0) is 23.3. The summed E-state index contributed by atoms with van der Waals surface area (Å²) in [6.45, 7) is 10.2. The Hall–Kier alpha value is -2.74. The number of nitrogens with zero attached hydrogens (tertiary/aromatic N) is 2. The lowest BCUT2D eigenvalue weighted by Gasteiger charge is -2.14. The van der Waals surface area contributed by atoms with E-state index in [0.717, 1.165) is 22.6 Å². The molecule has 2 heterocycles. The molecule has 0 spiro atoms. The van der Waals surface area contributed by atoms with E-state index in [-0.39, 0.29) is 0 Å². The quantitative estimate of drug-likeness (QED) is 0.498. The molecule has 0 radical (unpaired) electrons. The van der Waals surface area contributed by atoms with E-state index in [9.17, 15) is 13.2 Å². The first-order valence-corrected chi connectivity index (χ1v) is 9.91. The minimum Gasteiger partial charge on any atom is -0.475 e. The zero-order valence-electron chi connectivity index (χ0n) is 17.6. The third kappa shape index (κ3) is 6.37. The Kier molecular flexibility index (Phi) is 7.95. The number of carboxylic acid groups (broad SMARTS) is 1. The highest BCUT2D eigenvalue weighted by Gasteiger charge is 2.38. The van der Waals surface area contributed by atoms with E-state index in [4.69, 9.17) is 26.2 Å². The van der Waals surface area contributed by atoms with Crippen molar-refractivity contribution >= 4 is 28.5 Å². The molecule has 3 aromatic rings. The van der Waals surface area contributed by atoms with Crippen LogP contribution in [0.4, 0.5) is 13.2 Å². The lowest BCUT2D eigenvalue weighted by Crippen LogP contribution is -2.21. The minimum atomic E-state index is -5.08. The van der Waals surface area contributed by atoms with Crippen LogP contribution in [0.15, 0.2) is 36.5 Å². The topological polar surface area (TPSA) is 64.4 Å². The maximum absolute atomic E-state index is 10.6. The summed E-state index contributed by atoms with van der Waals surface area (Å²) < 4.78 is 40.1. The van der Waals surface area contributed by atoms with Crippen molar-refractivity contribution in [2.45, 2.75) is 47.0 Å². The Morgan fingerprint density at radius 1 is 1.19 bits per heavy atom. The lowest BCUT2D eigenvalue weighted by atomic mass is 10.2. The summed E-state index contributed by atoms with van der Waals surface area (Å²) in [4.78, 5) is 13.4. The van der Waals surface area contributed by atoms with Gasteiger partial charge < -0.3 is 14.4 Å². The number of halogens is 4. The number of pyridine rings is 1. The van der Waals surface area contributed by atoms with Crippen LogP contribution in [-0.4, -0.2) is 26.8 Å². The fourth-order valence-corrected chi connectivity index (χ4v) is 3.12. The molecule has 0 saturated heterocycles. The van der Waals surface area contributed by atoms with Crippen molar-refractivity contribution in [1.29, 1.82) is 0 Å². The molecule has 0 aliphatic carbocycles. The highest BCUT2D eigenvalue weighted by molar-refractivity contribution is 6.30. The van der Waals surface area contributed by atoms with Crippen molar-refractivity contribution in [3.63, 3.8) is 0 Å². The molecule has 3 rings (SSSR count). The normalized spacial score (nSPS) is 11.4. The molecule has 0 aliphatic heterocycles. The van der Waals surface area contributed by atoms with E-state index in [2.05, 4.69) is 43.3 Å². The number of carbonyl (C=O) groups is 1. The van der Waals surface area contributed by atoms with Crippen LogP contribution in [0.2, 0.25) is 5.02 Å². The first-order valence-electron chi connectivity index (χ1n) is 9.53. The maximum Gasteiger partial charge on any atom is 0.490 e. The summed E-state index contributed by atoms with van der Waals surface area (Å²) in [5.74, 6) is -1.50. The molecule has 1 aromatic carbocycles. The molecule has 0 fully saturated rings. The van der Waals surface area contributed by atoms with Gasteiger partial charge in [-0.25, -0.2) is 9.78 Å². The number of ether oxygens (including phenoxy) is 1. The predicted molar refractivity (Wildman–Crippen MR) is 114 cm³/mol. The van der Waals surface area contributed by atoms with Gasteiger partial charge >= 0.3 is 12.1 Å². The molecular weight excluding hydrogens is 433 g/mol. The molecule has 5 nitrogen and oxygen atoms in total. The number of aryl methyl sites for hydroxylation is 1. The number of benzene rings is 1. The van der Waals surface area contributed by atoms with Crippen LogP contribution in [0.5, 0.6) is 5.88 Å². The van der Waals surface area contributed by atoms with Crippen molar-refractivity contribution in [2.75, 3.05) is 0 Å². The monoisotopic (exact) mass is 456 g/mol. The van der Waals surface area contributed by atoms with Gasteiger partial charge in [0, 0.05) is 28.8 Å². The molecule has 0 unspecified atom stereocenters. The molecule has 2 aromatic heterocycles. The van der Waals surface area contributed by atoms with Gasteiger partial charge in [0.1, 0.15) is 12.1 Å². The third-order valence-corrected chi connectivity index (χ3v) is 4.84. The molecule has 9 heteroatoms. The van der Waals surface area contributed by atoms with Crippen LogP contribution in [0.3, 0.4) is 0 Å². The smallest absolute Gasteiger partial charge is 0.475 e. The molecule has 0 bridgehead atoms. The number of hydrogen-bond acceptors (Lipinski definition) is 3. The SMILES string of the molecule is Cc1c(C)n(CC(C)C)c2c(OCc3ccc(Cl)cc3)nccc12.O=C(O)C(F)(F)F. The summed E-state index contributed by atoms with van der Waals surface area (Å²) in [6, 6.07) is 9.79. The Morgan fingerprint density at radius 3 is 2.29 bits per heavy atom. The highest BCUT2D eigenvalue weighted by Crippen LogP contribution is 2.32. The number of carboxylic acids is 1. The lowest BCUT2D eigenvalue weighted by molar-refractivity contribution is -0.192. The van der Waals surface area contributed by atoms with Gasteiger partial charge in [-0.15, -0.1) is 0 Å². The summed E-state index contributed by atoms with van der Waals surface area (Å²) in [6.07, 6.45) is -3.26. The van der Waals surface area contributed by atoms with Gasteiger partial charge in [-0.05, 0) is 49.1 Å². The molecule has 0 atom stereocenters. The first-order chi connectivity index (χ1) is 14.4. The van der Waals surface area contributed by atoms with Crippen molar-refractivity contribution in [3.8, 4) is 5.88 Å². The summed E-state index contributed by atoms with van der Waals surface area (Å²) in [5.41, 5.74) is 4.75. The van der Waals surface area contributed by atoms with Crippen molar-refractivity contribution in [3.05, 3.63) is 58.4 Å². The van der Waals surface area contributed by atoms with Gasteiger partial charge in [-0.2, -0.15) is 13.2 Å². The predicted octanol–water partition coefficient (Wildman–Crippen LogP) is 6.17. The number of alkyl halides is 3. The number of aromatic nitrogens is 2. The van der Waals surface area contributed by atoms with E-state index in [1.54, 1.807) is 0 Å². The van der Waals surface area contributed by atoms with E-state index in [1.165, 1.54) is 16.6 Å². The molecule has 1 N–H and O–H groups in total. The number of rotatable bonds is 5. The standard InChI is InChI=1S/C20H23ClN2O.C2HF3O2/c1-13(2)11-23-15(4)14(3)18-9-10-22-20(19(18)23)24-12-16-5-7-17(21)8-6-16;3-2(4,5)1(6)7/h5-10,13H,11-12H2,1-4H3;(H,6,7). The minimum absolute atomic E-state index is 0.480. The Balaban J connectivity index is 0.000000423. The van der Waals surface area contributed by atoms with Crippen LogP contribution in [-0.2, 0) is 17.9 Å². The third-order valence-electron chi connectivity index (χ3n) is 4.59. The van der Waals surface area contributed by atoms with Crippen LogP contribution in [0.25, 0.3) is 10.9 Å². The molecule has 168 valence electrons. The van der Waals surface area contributed by atoms with E-state index in [0.29, 0.717) is 18.4 Å². The zero-order valence-corrected chi connectivity index (χ0v) is 18.4. The molecular formula is C22H24ClF3N2O3. The summed E-state index contributed by atoms with van der Waals surface area (Å²) >= 11 is 5.94. The van der Waals surface area contributed by atoms with Crippen LogP contribution < -0.4 is 4.74 Å². The molecule has 31 heavy (non-hydrogen) atoms. The Labute approximate surface area is 183 Å². The summed E-state index contributed by atoms with van der Waals surface area (Å²) in [7, 11) is 0. The summed E-state index contributed by atoms with van der Waals surface area (Å²) in [5, 5.41) is 9.07. The first kappa shape index (κ1) is 24.5. The van der Waals surface area contributed by atoms with E-state index >= 15 is 0 Å². The maximum atomic E-state index is 10.6. The van der Waals surface area contributed by atoms with Gasteiger partial charge in [0.25, 0.3) is 0 Å². The van der Waals surface area contributed by atoms with Gasteiger partial charge in [0.2, 0.25) is 5.88 Å². The number of aliphatic carboxylic acids is 1. The van der Waals surface area contributed by atoms with Crippen molar-refractivity contribution in [2.24, 2.45) is 5.92 Å². The van der Waals surface area contributed by atoms with E-state index < -0.39 is 12.1 Å². The van der Waals surface area contributed by atoms with Crippen LogP contribution in [0.1, 0.15) is 30.7 Å². The molecule has 0 amide bonds. The van der Waals surface area contributed by atoms with Crippen LogP contribution >= 0.6 is 11.6 Å². The van der Waals surface area contributed by atoms with Gasteiger partial charge in [-0.3, -0.25) is 0 Å². The Bertz CT molecular complexity index is 1040. The molecule has 0 aliphatic rings. The highest BCUT2D eigenvalue weighted by atomic mass is 35.5. The van der Waals surface area contributed by atoms with Crippen molar-refractivity contribution in [1.82, 2.24) is 9.55 Å². The Morgan fingerprint density at radius 2 is 1.77 bits per heavy atom. The number of hydrogen-bond donors (Lipinski definition) is 1.